The van der Waals surface area contributed by atoms with Crippen molar-refractivity contribution in [1.29, 1.82) is 5.26 Å². The Kier molecular flexibility index (Phi) is 4.92. The fourth-order valence-corrected chi connectivity index (χ4v) is 2.24. The Morgan fingerprint density at radius 3 is 2.92 bits per heavy atom. The second-order valence-corrected chi connectivity index (χ2v) is 5.37. The van der Waals surface area contributed by atoms with Gasteiger partial charge < -0.3 is 10.1 Å². The number of ether oxygens (including phenoxy) is 1. The number of nitrogens with zero attached hydrogens (tertiary/aromatic N) is 4. The van der Waals surface area contributed by atoms with Crippen LogP contribution in [0.5, 0.6) is 5.88 Å². The van der Waals surface area contributed by atoms with Gasteiger partial charge in [-0.2, -0.15) is 10.4 Å². The molecule has 1 aromatic carbocycles. The first-order valence-electron chi connectivity index (χ1n) is 7.25. The molecule has 2 heterocycles. The van der Waals surface area contributed by atoms with Gasteiger partial charge in [0.1, 0.15) is 11.6 Å². The van der Waals surface area contributed by atoms with E-state index in [1.165, 1.54) is 0 Å². The Hall–Kier alpha value is -3.37. The van der Waals surface area contributed by atoms with Crippen molar-refractivity contribution in [2.24, 2.45) is 4.99 Å². The fourth-order valence-electron chi connectivity index (χ4n) is 2.05. The molecular weight excluding hydrogens is 340 g/mol. The van der Waals surface area contributed by atoms with Crippen LogP contribution in [0.2, 0.25) is 5.02 Å². The summed E-state index contributed by atoms with van der Waals surface area (Å²) in [6.07, 6.45) is 3.21. The molecule has 2 aromatic heterocycles. The number of nitriles is 1. The Labute approximate surface area is 149 Å². The Morgan fingerprint density at radius 1 is 1.36 bits per heavy atom. The lowest BCUT2D eigenvalue weighted by atomic mass is 10.3. The van der Waals surface area contributed by atoms with Crippen LogP contribution in [0.1, 0.15) is 11.1 Å². The summed E-state index contributed by atoms with van der Waals surface area (Å²) in [6.45, 7) is 0. The number of benzene rings is 1. The number of aliphatic imine (C=N–C) groups is 1. The first-order valence-corrected chi connectivity index (χ1v) is 7.62. The van der Waals surface area contributed by atoms with Gasteiger partial charge in [0.15, 0.2) is 11.6 Å². The lowest BCUT2D eigenvalue weighted by Crippen LogP contribution is -1.92. The number of methoxy groups -OCH3 is 1. The van der Waals surface area contributed by atoms with E-state index >= 15 is 0 Å². The molecule has 0 radical (unpaired) electrons. The minimum Gasteiger partial charge on any atom is -0.481 e. The number of nitrogens with one attached hydrogen (secondary N) is 2. The average molecular weight is 353 g/mol. The molecule has 0 aliphatic rings. The summed E-state index contributed by atoms with van der Waals surface area (Å²) in [6, 6.07) is 12.8. The van der Waals surface area contributed by atoms with Crippen molar-refractivity contribution in [3.8, 4) is 11.9 Å². The van der Waals surface area contributed by atoms with Crippen LogP contribution in [0.4, 0.5) is 17.3 Å². The van der Waals surface area contributed by atoms with E-state index in [1.807, 2.05) is 12.1 Å². The summed E-state index contributed by atoms with van der Waals surface area (Å²) in [7, 11) is 1.55. The highest BCUT2D eigenvalue weighted by Gasteiger charge is 2.12. The van der Waals surface area contributed by atoms with Crippen LogP contribution in [0.15, 0.2) is 47.6 Å². The number of halogens is 1. The first kappa shape index (κ1) is 16.5. The van der Waals surface area contributed by atoms with Crippen molar-refractivity contribution in [2.75, 3.05) is 12.4 Å². The summed E-state index contributed by atoms with van der Waals surface area (Å²) in [5.74, 6) is 1.25. The highest BCUT2D eigenvalue weighted by molar-refractivity contribution is 6.30. The zero-order valence-electron chi connectivity index (χ0n) is 13.2. The fraction of sp³-hybridized carbons (Fsp3) is 0.0588. The van der Waals surface area contributed by atoms with E-state index in [-0.39, 0.29) is 0 Å². The van der Waals surface area contributed by atoms with Crippen LogP contribution < -0.4 is 10.1 Å². The van der Waals surface area contributed by atoms with Crippen LogP contribution >= 0.6 is 11.6 Å². The molecule has 0 saturated carbocycles. The minimum absolute atomic E-state index is 0.303. The quantitative estimate of drug-likeness (QED) is 0.680. The monoisotopic (exact) mass is 352 g/mol. The third-order valence-electron chi connectivity index (χ3n) is 3.26. The number of anilines is 2. The number of aromatic nitrogens is 3. The Bertz CT molecular complexity index is 943. The van der Waals surface area contributed by atoms with Gasteiger partial charge in [-0.15, -0.1) is 0 Å². The molecule has 124 valence electrons. The van der Waals surface area contributed by atoms with Crippen molar-refractivity contribution < 1.29 is 4.74 Å². The number of hydrogen-bond donors (Lipinski definition) is 2. The van der Waals surface area contributed by atoms with Gasteiger partial charge >= 0.3 is 0 Å². The van der Waals surface area contributed by atoms with E-state index in [2.05, 4.69) is 31.6 Å². The number of H-pyrrole nitrogens is 1. The summed E-state index contributed by atoms with van der Waals surface area (Å²) in [4.78, 5) is 8.36. The molecule has 0 fully saturated rings. The molecule has 2 N–H and O–H groups in total. The van der Waals surface area contributed by atoms with Crippen molar-refractivity contribution in [2.45, 2.75) is 0 Å². The number of rotatable bonds is 5. The maximum Gasteiger partial charge on any atom is 0.212 e. The van der Waals surface area contributed by atoms with E-state index in [0.717, 1.165) is 11.3 Å². The molecule has 0 unspecified atom stereocenters. The summed E-state index contributed by atoms with van der Waals surface area (Å²) < 4.78 is 5.00. The van der Waals surface area contributed by atoms with Crippen LogP contribution in [0, 0.1) is 11.3 Å². The van der Waals surface area contributed by atoms with Crippen LogP contribution in [0.25, 0.3) is 0 Å². The van der Waals surface area contributed by atoms with Gasteiger partial charge in [-0.25, -0.2) is 9.98 Å². The van der Waals surface area contributed by atoms with Gasteiger partial charge in [-0.05, 0) is 24.3 Å². The zero-order valence-corrected chi connectivity index (χ0v) is 13.9. The van der Waals surface area contributed by atoms with E-state index in [4.69, 9.17) is 16.3 Å². The van der Waals surface area contributed by atoms with E-state index in [0.29, 0.717) is 28.1 Å². The van der Waals surface area contributed by atoms with Crippen molar-refractivity contribution >= 4 is 35.1 Å². The molecule has 0 spiro atoms. The van der Waals surface area contributed by atoms with Crippen LogP contribution in [-0.4, -0.2) is 28.5 Å². The standard InChI is InChI=1S/C17H13ClN6O/c1-25-15-6-5-11(9-20-15)10-21-16-14(8-19)17(24-23-16)22-13-4-2-3-12(18)7-13/h2-7,9-10H,1H3,(H2,22,23,24)/b21-10+. The first-order chi connectivity index (χ1) is 12.2. The smallest absolute Gasteiger partial charge is 0.212 e. The highest BCUT2D eigenvalue weighted by atomic mass is 35.5. The third kappa shape index (κ3) is 3.94. The molecule has 25 heavy (non-hydrogen) atoms. The van der Waals surface area contributed by atoms with Gasteiger partial charge in [-0.3, -0.25) is 5.10 Å². The van der Waals surface area contributed by atoms with Crippen LogP contribution in [-0.2, 0) is 0 Å². The maximum atomic E-state index is 9.41. The second kappa shape index (κ2) is 7.47. The zero-order chi connectivity index (χ0) is 17.6. The molecule has 3 aromatic rings. The number of aromatic amines is 1. The summed E-state index contributed by atoms with van der Waals surface area (Å²) in [5, 5.41) is 19.9. The third-order valence-corrected chi connectivity index (χ3v) is 3.49. The van der Waals surface area contributed by atoms with Crippen molar-refractivity contribution in [3.05, 3.63) is 58.7 Å². The average Bonchev–Trinajstić information content (AvgIpc) is 3.02. The predicted molar refractivity (Wildman–Crippen MR) is 96.1 cm³/mol. The largest absolute Gasteiger partial charge is 0.481 e. The Morgan fingerprint density at radius 2 is 2.24 bits per heavy atom. The van der Waals surface area contributed by atoms with Crippen molar-refractivity contribution in [1.82, 2.24) is 15.2 Å². The molecule has 0 amide bonds. The molecule has 3 rings (SSSR count). The summed E-state index contributed by atoms with van der Waals surface area (Å²) >= 11 is 5.96. The SMILES string of the molecule is COc1ccc(/C=N/c2[nH]nc(Nc3cccc(Cl)c3)c2C#N)cn1. The Balaban J connectivity index is 1.82. The van der Waals surface area contributed by atoms with Crippen LogP contribution in [0.3, 0.4) is 0 Å². The molecule has 7 nitrogen and oxygen atoms in total. The lowest BCUT2D eigenvalue weighted by molar-refractivity contribution is 0.398. The molecule has 8 heteroatoms. The molecule has 0 aliphatic heterocycles. The lowest BCUT2D eigenvalue weighted by Gasteiger charge is -2.03. The molecule has 0 atom stereocenters. The molecule has 0 bridgehead atoms. The number of pyridine rings is 1. The second-order valence-electron chi connectivity index (χ2n) is 4.94. The predicted octanol–water partition coefficient (Wildman–Crippen LogP) is 3.83. The van der Waals surface area contributed by atoms with E-state index < -0.39 is 0 Å². The molecule has 0 saturated heterocycles. The van der Waals surface area contributed by atoms with Gasteiger partial charge in [0, 0.05) is 34.8 Å². The maximum absolute atomic E-state index is 9.41. The molecular formula is C17H13ClN6O. The summed E-state index contributed by atoms with van der Waals surface area (Å²) in [5.41, 5.74) is 1.80. The normalized spacial score (nSPS) is 10.6. The van der Waals surface area contributed by atoms with Gasteiger partial charge in [0.05, 0.1) is 7.11 Å². The van der Waals surface area contributed by atoms with Gasteiger partial charge in [0.2, 0.25) is 5.88 Å². The van der Waals surface area contributed by atoms with E-state index in [9.17, 15) is 5.26 Å². The number of hydrogen-bond acceptors (Lipinski definition) is 6. The minimum atomic E-state index is 0.303. The van der Waals surface area contributed by atoms with E-state index in [1.54, 1.807) is 43.8 Å². The van der Waals surface area contributed by atoms with Gasteiger partial charge in [0.25, 0.3) is 0 Å². The highest BCUT2D eigenvalue weighted by Crippen LogP contribution is 2.26. The topological polar surface area (TPSA) is 99.0 Å². The molecule has 0 aliphatic carbocycles. The van der Waals surface area contributed by atoms with Gasteiger partial charge in [-0.1, -0.05) is 17.7 Å². The van der Waals surface area contributed by atoms with Crippen molar-refractivity contribution in [3.63, 3.8) is 0 Å².